The molecule has 1 aliphatic heterocycles. The molecule has 0 saturated carbocycles. The number of halogens is 3. The fourth-order valence-electron chi connectivity index (χ4n) is 2.87. The molecule has 0 spiro atoms. The number of fused-ring (bicyclic) bond motifs is 1. The molecule has 0 bridgehead atoms. The molecule has 1 amide bonds. The molecule has 1 heterocycles. The summed E-state index contributed by atoms with van der Waals surface area (Å²) in [5.74, 6) is -1.58. The number of alkyl halides is 3. The first-order chi connectivity index (χ1) is 15.5. The lowest BCUT2D eigenvalue weighted by molar-refractivity contribution is -0.384. The number of amides is 1. The second-order valence-electron chi connectivity index (χ2n) is 6.93. The lowest BCUT2D eigenvalue weighted by Gasteiger charge is -2.18. The van der Waals surface area contributed by atoms with Gasteiger partial charge in [-0.2, -0.15) is 13.2 Å². The van der Waals surface area contributed by atoms with Crippen LogP contribution in [0.2, 0.25) is 0 Å². The Morgan fingerprint density at radius 3 is 2.67 bits per heavy atom. The summed E-state index contributed by atoms with van der Waals surface area (Å²) in [6.45, 7) is 0.438. The largest absolute Gasteiger partial charge is 0.482 e. The molecule has 1 atom stereocenters. The Morgan fingerprint density at radius 1 is 1.27 bits per heavy atom. The van der Waals surface area contributed by atoms with Crippen molar-refractivity contribution < 1.29 is 42.0 Å². The number of anilines is 2. The van der Waals surface area contributed by atoms with E-state index in [1.165, 1.54) is 25.1 Å². The Balaban J connectivity index is 1.63. The third kappa shape index (κ3) is 5.56. The van der Waals surface area contributed by atoms with Crippen LogP contribution in [0.4, 0.5) is 30.2 Å². The van der Waals surface area contributed by atoms with Crippen LogP contribution in [0.3, 0.4) is 0 Å². The van der Waals surface area contributed by atoms with E-state index >= 15 is 0 Å². The van der Waals surface area contributed by atoms with Crippen molar-refractivity contribution in [3.8, 4) is 5.75 Å². The molecule has 2 aromatic carbocycles. The minimum absolute atomic E-state index is 0.131. The van der Waals surface area contributed by atoms with Gasteiger partial charge >= 0.3 is 12.1 Å². The summed E-state index contributed by atoms with van der Waals surface area (Å²) < 4.78 is 48.5. The average Bonchev–Trinajstić information content (AvgIpc) is 2.75. The quantitative estimate of drug-likeness (QED) is 0.274. The van der Waals surface area contributed by atoms with E-state index in [1.54, 1.807) is 0 Å². The third-order valence-corrected chi connectivity index (χ3v) is 4.53. The van der Waals surface area contributed by atoms with Crippen molar-refractivity contribution in [1.29, 1.82) is 0 Å². The third-order valence-electron chi connectivity index (χ3n) is 4.53. The van der Waals surface area contributed by atoms with Crippen LogP contribution in [0.15, 0.2) is 36.4 Å². The highest BCUT2D eigenvalue weighted by molar-refractivity contribution is 6.02. The number of hydrogen-bond donors (Lipinski definition) is 2. The van der Waals surface area contributed by atoms with E-state index in [1.807, 2.05) is 0 Å². The molecule has 0 aromatic heterocycles. The highest BCUT2D eigenvalue weighted by atomic mass is 19.4. The molecule has 33 heavy (non-hydrogen) atoms. The van der Waals surface area contributed by atoms with Gasteiger partial charge in [-0.15, -0.1) is 0 Å². The van der Waals surface area contributed by atoms with E-state index in [4.69, 9.17) is 9.47 Å². The molecular weight excluding hydrogens is 451 g/mol. The Hall–Kier alpha value is -4.16. The number of rotatable bonds is 7. The zero-order valence-electron chi connectivity index (χ0n) is 16.9. The summed E-state index contributed by atoms with van der Waals surface area (Å²) in [6, 6.07) is 4.84. The topological polar surface area (TPSA) is 137 Å². The number of nitro benzene ring substituents is 1. The minimum Gasteiger partial charge on any atom is -0.482 e. The van der Waals surface area contributed by atoms with Gasteiger partial charge in [-0.1, -0.05) is 0 Å². The van der Waals surface area contributed by atoms with Gasteiger partial charge in [0, 0.05) is 11.6 Å². The number of nitro groups is 1. The first-order valence-corrected chi connectivity index (χ1v) is 9.34. The number of carbonyl (C=O) groups excluding carboxylic acids is 3. The van der Waals surface area contributed by atoms with Crippen molar-refractivity contribution in [3.63, 3.8) is 0 Å². The highest BCUT2D eigenvalue weighted by Crippen LogP contribution is 2.35. The van der Waals surface area contributed by atoms with Crippen molar-refractivity contribution in [2.45, 2.75) is 19.1 Å². The monoisotopic (exact) mass is 467 g/mol. The summed E-state index contributed by atoms with van der Waals surface area (Å²) in [4.78, 5) is 46.0. The van der Waals surface area contributed by atoms with Gasteiger partial charge in [-0.3, -0.25) is 19.7 Å². The zero-order valence-corrected chi connectivity index (χ0v) is 16.9. The molecule has 0 unspecified atom stereocenters. The molecular formula is C20H16F3N3O7. The lowest BCUT2D eigenvalue weighted by Crippen LogP contribution is -2.30. The molecule has 1 aliphatic rings. The maximum Gasteiger partial charge on any atom is 0.416 e. The number of benzene rings is 2. The molecule has 3 rings (SSSR count). The molecule has 174 valence electrons. The number of hydrogen-bond acceptors (Lipinski definition) is 8. The van der Waals surface area contributed by atoms with Gasteiger partial charge in [0.15, 0.2) is 19.0 Å². The number of Topliss-reactive ketones (excluding diaryl/α,β-unsaturated/α-hetero) is 1. The number of carbonyl (C=O) groups is 3. The molecule has 2 N–H and O–H groups in total. The SMILES string of the molecule is C[C@H](Nc1ccc(C(F)(F)F)cc1[N+](=O)[O-])C(=O)OCC(=O)c1ccc2c(c1)NC(=O)CO2. The van der Waals surface area contributed by atoms with Gasteiger partial charge in [0.05, 0.1) is 16.2 Å². The average molecular weight is 467 g/mol. The van der Waals surface area contributed by atoms with Crippen LogP contribution < -0.4 is 15.4 Å². The van der Waals surface area contributed by atoms with Gasteiger partial charge in [-0.05, 0) is 37.3 Å². The number of nitrogens with zero attached hydrogens (tertiary/aromatic N) is 1. The fourth-order valence-corrected chi connectivity index (χ4v) is 2.87. The fraction of sp³-hybridized carbons (Fsp3) is 0.250. The number of nitrogens with one attached hydrogen (secondary N) is 2. The Kier molecular flexibility index (Phi) is 6.51. The van der Waals surface area contributed by atoms with Gasteiger partial charge < -0.3 is 20.1 Å². The second-order valence-corrected chi connectivity index (χ2v) is 6.93. The highest BCUT2D eigenvalue weighted by Gasteiger charge is 2.33. The number of ketones is 1. The first-order valence-electron chi connectivity index (χ1n) is 9.34. The molecule has 2 aromatic rings. The smallest absolute Gasteiger partial charge is 0.416 e. The van der Waals surface area contributed by atoms with E-state index in [9.17, 15) is 37.7 Å². The minimum atomic E-state index is -4.78. The van der Waals surface area contributed by atoms with Gasteiger partial charge in [-0.25, -0.2) is 4.79 Å². The van der Waals surface area contributed by atoms with Crippen molar-refractivity contribution in [1.82, 2.24) is 0 Å². The molecule has 0 fully saturated rings. The normalized spacial score (nSPS) is 13.8. The lowest BCUT2D eigenvalue weighted by atomic mass is 10.1. The van der Waals surface area contributed by atoms with E-state index in [0.29, 0.717) is 17.9 Å². The predicted molar refractivity (Wildman–Crippen MR) is 107 cm³/mol. The van der Waals surface area contributed by atoms with E-state index in [-0.39, 0.29) is 23.5 Å². The van der Waals surface area contributed by atoms with E-state index in [2.05, 4.69) is 10.6 Å². The van der Waals surface area contributed by atoms with Crippen molar-refractivity contribution in [3.05, 3.63) is 57.6 Å². The molecule has 13 heteroatoms. The Bertz CT molecular complexity index is 1130. The maximum atomic E-state index is 12.8. The summed E-state index contributed by atoms with van der Waals surface area (Å²) in [6.07, 6.45) is -4.78. The van der Waals surface area contributed by atoms with E-state index < -0.39 is 52.7 Å². The molecule has 10 nitrogen and oxygen atoms in total. The van der Waals surface area contributed by atoms with Crippen LogP contribution in [0, 0.1) is 10.1 Å². The van der Waals surface area contributed by atoms with Gasteiger partial charge in [0.25, 0.3) is 11.6 Å². The van der Waals surface area contributed by atoms with Gasteiger partial charge in [0.2, 0.25) is 0 Å². The molecule has 0 saturated heterocycles. The maximum absolute atomic E-state index is 12.8. The Morgan fingerprint density at radius 2 is 2.00 bits per heavy atom. The Labute approximate surface area is 183 Å². The van der Waals surface area contributed by atoms with Crippen molar-refractivity contribution in [2.24, 2.45) is 0 Å². The van der Waals surface area contributed by atoms with Crippen molar-refractivity contribution in [2.75, 3.05) is 23.8 Å². The van der Waals surface area contributed by atoms with Crippen molar-refractivity contribution >= 4 is 34.7 Å². The van der Waals surface area contributed by atoms with Crippen LogP contribution in [0.1, 0.15) is 22.8 Å². The molecule has 0 radical (unpaired) electrons. The van der Waals surface area contributed by atoms with Crippen LogP contribution >= 0.6 is 0 Å². The van der Waals surface area contributed by atoms with Crippen LogP contribution in [-0.4, -0.2) is 41.8 Å². The summed E-state index contributed by atoms with van der Waals surface area (Å²) in [5.41, 5.74) is -2.00. The summed E-state index contributed by atoms with van der Waals surface area (Å²) in [5, 5.41) is 16.1. The van der Waals surface area contributed by atoms with Crippen LogP contribution in [0.5, 0.6) is 5.75 Å². The summed E-state index contributed by atoms with van der Waals surface area (Å²) >= 11 is 0. The first kappa shape index (κ1) is 23.5. The second kappa shape index (κ2) is 9.14. The zero-order chi connectivity index (χ0) is 24.3. The van der Waals surface area contributed by atoms with Crippen LogP contribution in [0.25, 0.3) is 0 Å². The van der Waals surface area contributed by atoms with Gasteiger partial charge in [0.1, 0.15) is 17.5 Å². The predicted octanol–water partition coefficient (Wildman–Crippen LogP) is 3.17. The number of esters is 1. The number of ether oxygens (including phenoxy) is 2. The molecule has 0 aliphatic carbocycles. The standard InChI is InChI=1S/C20H16F3N3O7/c1-10(24-13-4-3-12(20(21,22)23)7-15(13)26(30)31)19(29)33-8-16(27)11-2-5-17-14(6-11)25-18(28)9-32-17/h2-7,10,24H,8-9H2,1H3,(H,25,28)/t10-/m0/s1. The summed E-state index contributed by atoms with van der Waals surface area (Å²) in [7, 11) is 0. The van der Waals surface area contributed by atoms with Crippen LogP contribution in [-0.2, 0) is 20.5 Å². The van der Waals surface area contributed by atoms with E-state index in [0.717, 1.165) is 6.07 Å².